The molecule has 5 aromatic rings. The van der Waals surface area contributed by atoms with Gasteiger partial charge in [-0.3, -0.25) is 14.3 Å². The number of hydrogen-bond acceptors (Lipinski definition) is 11. The number of halogens is 5. The van der Waals surface area contributed by atoms with Crippen molar-refractivity contribution in [3.8, 4) is 11.5 Å². The van der Waals surface area contributed by atoms with E-state index in [2.05, 4.69) is 14.9 Å². The van der Waals surface area contributed by atoms with Crippen molar-refractivity contribution in [1.29, 1.82) is 0 Å². The minimum Gasteiger partial charge on any atom is -0.492 e. The second-order valence-corrected chi connectivity index (χ2v) is 20.7. The lowest BCUT2D eigenvalue weighted by Crippen LogP contribution is -2.27. The largest absolute Gasteiger partial charge is 0.492 e. The van der Waals surface area contributed by atoms with Crippen LogP contribution in [0.2, 0.25) is 20.1 Å². The number of ketones is 2. The fourth-order valence-corrected chi connectivity index (χ4v) is 10.1. The van der Waals surface area contributed by atoms with Crippen LogP contribution in [0.25, 0.3) is 0 Å². The number of benzene rings is 4. The van der Waals surface area contributed by atoms with Gasteiger partial charge in [0.1, 0.15) is 28.1 Å². The van der Waals surface area contributed by atoms with E-state index in [0.717, 1.165) is 33.6 Å². The van der Waals surface area contributed by atoms with Crippen LogP contribution in [0.1, 0.15) is 40.1 Å². The Balaban J connectivity index is 0.000000200. The Bertz CT molecular complexity index is 2590. The van der Waals surface area contributed by atoms with E-state index >= 15 is 0 Å². The van der Waals surface area contributed by atoms with Crippen molar-refractivity contribution in [2.45, 2.75) is 55.2 Å². The molecule has 0 spiro atoms. The molecule has 1 N–H and O–H groups in total. The van der Waals surface area contributed by atoms with Gasteiger partial charge in [0.05, 0.1) is 33.0 Å². The summed E-state index contributed by atoms with van der Waals surface area (Å²) in [5.41, 5.74) is 3.37. The van der Waals surface area contributed by atoms with Gasteiger partial charge in [0.25, 0.3) is 19.1 Å². The van der Waals surface area contributed by atoms with E-state index < -0.39 is 19.1 Å². The molecule has 2 atom stereocenters. The number of anilines is 1. The number of rotatable bonds is 12. The van der Waals surface area contributed by atoms with Crippen LogP contribution in [0.4, 0.5) is 5.13 Å². The number of fused-ring (bicyclic) bond motifs is 2. The molecule has 1 heterocycles. The SMILES string of the molecule is Cc1nnc(NS(=O)(=O)c2ccc3c(c2)CC(CCOc2ccc(Cl)cc2Cl)C(=O)C3)s1.O=C1Cc2ccc(S(=O)(=O)Cl)cc2CC1CCOc1ccc(Cl)cc1Cl. The zero-order chi connectivity index (χ0) is 41.8. The van der Waals surface area contributed by atoms with Gasteiger partial charge in [-0.2, -0.15) is 0 Å². The average molecular weight is 946 g/mol. The van der Waals surface area contributed by atoms with Gasteiger partial charge in [-0.05, 0) is 116 Å². The average Bonchev–Trinajstić information content (AvgIpc) is 3.56. The number of carbonyl (C=O) groups is 2. The highest BCUT2D eigenvalue weighted by atomic mass is 35.7. The molecule has 4 aromatic carbocycles. The maximum Gasteiger partial charge on any atom is 0.263 e. The first-order valence-corrected chi connectivity index (χ1v) is 23.8. The molecule has 0 radical (unpaired) electrons. The Labute approximate surface area is 364 Å². The Kier molecular flexibility index (Phi) is 14.3. The summed E-state index contributed by atoms with van der Waals surface area (Å²) in [6.07, 6.45) is 2.47. The maximum absolute atomic E-state index is 12.7. The summed E-state index contributed by atoms with van der Waals surface area (Å²) < 4.78 is 62.3. The van der Waals surface area contributed by atoms with Gasteiger partial charge in [0.15, 0.2) is 0 Å². The normalized spacial score (nSPS) is 16.4. The second kappa shape index (κ2) is 18.8. The van der Waals surface area contributed by atoms with Crippen molar-refractivity contribution >= 4 is 104 Å². The Hall–Kier alpha value is -3.47. The lowest BCUT2D eigenvalue weighted by molar-refractivity contribution is -0.123. The van der Waals surface area contributed by atoms with E-state index in [1.165, 1.54) is 12.1 Å². The van der Waals surface area contributed by atoms with E-state index in [9.17, 15) is 26.4 Å². The number of sulfonamides is 1. The molecule has 306 valence electrons. The minimum atomic E-state index is -3.80. The third kappa shape index (κ3) is 11.4. The lowest BCUT2D eigenvalue weighted by Gasteiger charge is -2.24. The van der Waals surface area contributed by atoms with Crippen molar-refractivity contribution in [3.63, 3.8) is 0 Å². The molecule has 58 heavy (non-hydrogen) atoms. The van der Waals surface area contributed by atoms with Gasteiger partial charge >= 0.3 is 0 Å². The fourth-order valence-electron chi connectivity index (χ4n) is 6.52. The molecule has 0 saturated heterocycles. The van der Waals surface area contributed by atoms with Crippen LogP contribution in [0.3, 0.4) is 0 Å². The van der Waals surface area contributed by atoms with E-state index in [1.54, 1.807) is 67.6 Å². The van der Waals surface area contributed by atoms with Gasteiger partial charge < -0.3 is 9.47 Å². The topological polar surface area (TPSA) is 159 Å². The molecule has 0 aliphatic heterocycles. The smallest absolute Gasteiger partial charge is 0.263 e. The van der Waals surface area contributed by atoms with Crippen LogP contribution >= 0.6 is 68.4 Å². The summed E-state index contributed by atoms with van der Waals surface area (Å²) in [5.74, 6) is 0.750. The summed E-state index contributed by atoms with van der Waals surface area (Å²) in [6.45, 7) is 2.37. The molecule has 0 amide bonds. The number of aromatic nitrogens is 2. The Morgan fingerprint density at radius 1 is 0.672 bits per heavy atom. The standard InChI is InChI=1S/C21H19Cl2N3O4S2.C18H15Cl3O4S/c1-12-24-25-21(31-12)26-32(28,29)17-4-2-13-10-19(27)14(8-15(13)9-17)6-7-30-20-5-3-16(22)11-18(20)23;19-14-2-4-18(16(20)10-14)25-6-5-12-7-13-8-15(26(21,23)24)3-1-11(13)9-17(12)22/h2-5,9,11,14H,6-8,10H2,1H3,(H,25,26);1-4,8,10,12H,5-7,9H2. The van der Waals surface area contributed by atoms with Crippen molar-refractivity contribution in [1.82, 2.24) is 10.2 Å². The van der Waals surface area contributed by atoms with Gasteiger partial charge in [0, 0.05) is 45.4 Å². The molecule has 2 aliphatic rings. The highest BCUT2D eigenvalue weighted by Crippen LogP contribution is 2.33. The highest BCUT2D eigenvalue weighted by molar-refractivity contribution is 8.13. The van der Waals surface area contributed by atoms with Gasteiger partial charge in [-0.15, -0.1) is 10.2 Å². The van der Waals surface area contributed by atoms with E-state index in [0.29, 0.717) is 75.5 Å². The first-order valence-electron chi connectivity index (χ1n) is 17.7. The molecule has 0 bridgehead atoms. The van der Waals surface area contributed by atoms with Crippen molar-refractivity contribution in [2.75, 3.05) is 17.9 Å². The lowest BCUT2D eigenvalue weighted by atomic mass is 9.81. The second-order valence-electron chi connectivity index (χ2n) is 13.5. The van der Waals surface area contributed by atoms with Crippen LogP contribution in [0, 0.1) is 18.8 Å². The van der Waals surface area contributed by atoms with Crippen LogP contribution in [-0.2, 0) is 54.3 Å². The third-order valence-electron chi connectivity index (χ3n) is 9.50. The van der Waals surface area contributed by atoms with Crippen molar-refractivity contribution in [2.24, 2.45) is 11.8 Å². The summed E-state index contributed by atoms with van der Waals surface area (Å²) in [6, 6.07) is 19.4. The Morgan fingerprint density at radius 2 is 1.16 bits per heavy atom. The van der Waals surface area contributed by atoms with Crippen LogP contribution in [0.5, 0.6) is 11.5 Å². The molecule has 2 aliphatic carbocycles. The van der Waals surface area contributed by atoms with E-state index in [-0.39, 0.29) is 51.2 Å². The molecule has 2 unspecified atom stereocenters. The predicted molar refractivity (Wildman–Crippen MR) is 226 cm³/mol. The molecule has 7 rings (SSSR count). The van der Waals surface area contributed by atoms with Crippen molar-refractivity contribution < 1.29 is 35.9 Å². The van der Waals surface area contributed by atoms with Crippen LogP contribution < -0.4 is 14.2 Å². The zero-order valence-corrected chi connectivity index (χ0v) is 36.7. The first-order chi connectivity index (χ1) is 27.4. The minimum absolute atomic E-state index is 0.0511. The monoisotopic (exact) mass is 943 g/mol. The summed E-state index contributed by atoms with van der Waals surface area (Å²) in [5, 5.41) is 10.4. The Morgan fingerprint density at radius 3 is 1.60 bits per heavy atom. The number of nitrogens with zero attached hydrogens (tertiary/aromatic N) is 2. The van der Waals surface area contributed by atoms with Gasteiger partial charge in [-0.1, -0.05) is 69.9 Å². The van der Waals surface area contributed by atoms with E-state index in [4.69, 9.17) is 66.6 Å². The summed E-state index contributed by atoms with van der Waals surface area (Å²) >= 11 is 25.1. The third-order valence-corrected chi connectivity index (χ3v) is 14.1. The molecular weight excluding hydrogens is 912 g/mol. The molecular formula is C39H34Cl5N3O8S3. The quantitative estimate of drug-likeness (QED) is 0.120. The summed E-state index contributed by atoms with van der Waals surface area (Å²) in [7, 11) is -2.19. The first kappa shape index (κ1) is 44.1. The number of ether oxygens (including phenoxy) is 2. The van der Waals surface area contributed by atoms with Gasteiger partial charge in [-0.25, -0.2) is 16.8 Å². The number of Topliss-reactive ketones (excluding diaryl/α,β-unsaturated/α-hetero) is 2. The maximum atomic E-state index is 12.7. The number of nitrogens with one attached hydrogen (secondary N) is 1. The highest BCUT2D eigenvalue weighted by Gasteiger charge is 2.29. The zero-order valence-electron chi connectivity index (χ0n) is 30.5. The number of hydrogen-bond donors (Lipinski definition) is 1. The number of aryl methyl sites for hydroxylation is 1. The number of carbonyl (C=O) groups excluding carboxylic acids is 2. The van der Waals surface area contributed by atoms with E-state index in [1.807, 2.05) is 0 Å². The van der Waals surface area contributed by atoms with Crippen LogP contribution in [0.15, 0.2) is 82.6 Å². The molecule has 19 heteroatoms. The molecule has 0 fully saturated rings. The van der Waals surface area contributed by atoms with Gasteiger partial charge in [0.2, 0.25) is 5.13 Å². The summed E-state index contributed by atoms with van der Waals surface area (Å²) in [4.78, 5) is 25.1. The predicted octanol–water partition coefficient (Wildman–Crippen LogP) is 9.38. The van der Waals surface area contributed by atoms with Crippen molar-refractivity contribution in [3.05, 3.63) is 120 Å². The molecule has 0 saturated carbocycles. The molecule has 1 aromatic heterocycles. The fraction of sp³-hybridized carbons (Fsp3) is 0.282. The van der Waals surface area contributed by atoms with Crippen LogP contribution in [-0.4, -0.2) is 51.8 Å². The molecule has 11 nitrogen and oxygen atoms in total.